The third-order valence-corrected chi connectivity index (χ3v) is 5.29. The minimum Gasteiger partial charge on any atom is -0.299 e. The fourth-order valence-corrected chi connectivity index (χ4v) is 4.10. The molecule has 1 aromatic carbocycles. The molecule has 1 saturated heterocycles. The van der Waals surface area contributed by atoms with Gasteiger partial charge in [-0.1, -0.05) is 37.3 Å². The van der Waals surface area contributed by atoms with Gasteiger partial charge in [0.15, 0.2) is 0 Å². The Kier molecular flexibility index (Phi) is 5.24. The molecule has 1 aliphatic heterocycles. The van der Waals surface area contributed by atoms with E-state index in [2.05, 4.69) is 64.5 Å². The van der Waals surface area contributed by atoms with Crippen LogP contribution < -0.4 is 0 Å². The Bertz CT molecular complexity index is 555. The van der Waals surface area contributed by atoms with Crippen molar-refractivity contribution in [2.24, 2.45) is 5.92 Å². The first kappa shape index (κ1) is 15.7. The highest BCUT2D eigenvalue weighted by atomic mass is 32.1. The highest BCUT2D eigenvalue weighted by Gasteiger charge is 2.28. The number of benzene rings is 1. The molecule has 1 fully saturated rings. The van der Waals surface area contributed by atoms with E-state index < -0.39 is 0 Å². The van der Waals surface area contributed by atoms with Crippen molar-refractivity contribution in [3.8, 4) is 0 Å². The van der Waals surface area contributed by atoms with Crippen LogP contribution in [0.2, 0.25) is 0 Å². The van der Waals surface area contributed by atoms with Gasteiger partial charge < -0.3 is 0 Å². The molecular weight excluding hydrogens is 290 g/mol. The second-order valence-corrected chi connectivity index (χ2v) is 7.17. The number of aromatic nitrogens is 1. The van der Waals surface area contributed by atoms with E-state index in [1.54, 1.807) is 11.3 Å². The maximum Gasteiger partial charge on any atom is 0.0795 e. The maximum atomic E-state index is 4.41. The molecule has 1 aromatic heterocycles. The van der Waals surface area contributed by atoms with Gasteiger partial charge in [0, 0.05) is 31.1 Å². The van der Waals surface area contributed by atoms with Crippen LogP contribution in [0.25, 0.3) is 0 Å². The number of likely N-dealkylation sites (tertiary alicyclic amines) is 1. The largest absolute Gasteiger partial charge is 0.299 e. The van der Waals surface area contributed by atoms with Crippen LogP contribution in [-0.4, -0.2) is 41.0 Å². The molecule has 0 unspecified atom stereocenters. The Hall–Kier alpha value is -1.23. The van der Waals surface area contributed by atoms with Gasteiger partial charge in [-0.05, 0) is 31.5 Å². The Balaban J connectivity index is 1.53. The summed E-state index contributed by atoms with van der Waals surface area (Å²) in [6, 6.07) is 11.5. The summed E-state index contributed by atoms with van der Waals surface area (Å²) in [5.74, 6) is 0.695. The Labute approximate surface area is 137 Å². The molecular formula is C18H25N3S. The van der Waals surface area contributed by atoms with Crippen LogP contribution in [0.15, 0.2) is 41.2 Å². The van der Waals surface area contributed by atoms with Crippen LogP contribution >= 0.6 is 11.3 Å². The minimum atomic E-state index is 0.661. The monoisotopic (exact) mass is 315 g/mol. The second kappa shape index (κ2) is 7.36. The van der Waals surface area contributed by atoms with Gasteiger partial charge >= 0.3 is 0 Å². The van der Waals surface area contributed by atoms with Crippen LogP contribution in [0.5, 0.6) is 0 Å². The average Bonchev–Trinajstić information content (AvgIpc) is 3.01. The standard InChI is InChI=1S/C18H25N3S/c1-15-10-21(11-16-6-4-3-5-7-16)9-8-18(15)20(2)12-17-13-22-14-19-17/h3-7,13-15,18H,8-12H2,1-2H3/t15-,18-/m1/s1. The van der Waals surface area contributed by atoms with Crippen molar-refractivity contribution in [3.63, 3.8) is 0 Å². The van der Waals surface area contributed by atoms with E-state index in [9.17, 15) is 0 Å². The van der Waals surface area contributed by atoms with E-state index in [0.29, 0.717) is 12.0 Å². The van der Waals surface area contributed by atoms with Gasteiger partial charge in [-0.25, -0.2) is 4.98 Å². The number of hydrogen-bond donors (Lipinski definition) is 0. The predicted molar refractivity (Wildman–Crippen MR) is 92.9 cm³/mol. The SMILES string of the molecule is C[C@@H]1CN(Cc2ccccc2)CC[C@H]1N(C)Cc1cscn1. The fourth-order valence-electron chi connectivity index (χ4n) is 3.55. The molecule has 0 spiro atoms. The number of piperidine rings is 1. The molecule has 22 heavy (non-hydrogen) atoms. The molecule has 2 atom stereocenters. The second-order valence-electron chi connectivity index (χ2n) is 6.45. The third kappa shape index (κ3) is 3.94. The molecule has 0 aliphatic carbocycles. The molecule has 2 heterocycles. The molecule has 0 amide bonds. The number of thiazole rings is 1. The fraction of sp³-hybridized carbons (Fsp3) is 0.500. The molecule has 118 valence electrons. The van der Waals surface area contributed by atoms with Crippen LogP contribution in [0.4, 0.5) is 0 Å². The summed E-state index contributed by atoms with van der Waals surface area (Å²) in [5, 5.41) is 2.16. The summed E-state index contributed by atoms with van der Waals surface area (Å²) in [5.41, 5.74) is 4.55. The maximum absolute atomic E-state index is 4.41. The molecule has 1 aliphatic rings. The molecule has 0 N–H and O–H groups in total. The number of nitrogens with zero attached hydrogens (tertiary/aromatic N) is 3. The van der Waals surface area contributed by atoms with Gasteiger partial charge in [0.1, 0.15) is 0 Å². The van der Waals surface area contributed by atoms with Gasteiger partial charge in [-0.2, -0.15) is 0 Å². The molecule has 0 saturated carbocycles. The Morgan fingerprint density at radius 2 is 2.14 bits per heavy atom. The van der Waals surface area contributed by atoms with Crippen molar-refractivity contribution in [1.29, 1.82) is 0 Å². The van der Waals surface area contributed by atoms with Gasteiger partial charge in [-0.15, -0.1) is 11.3 Å². The summed E-state index contributed by atoms with van der Waals surface area (Å²) in [7, 11) is 2.24. The topological polar surface area (TPSA) is 19.4 Å². The lowest BCUT2D eigenvalue weighted by Crippen LogP contribution is -2.48. The summed E-state index contributed by atoms with van der Waals surface area (Å²) in [6.45, 7) is 6.80. The zero-order chi connectivity index (χ0) is 15.4. The van der Waals surface area contributed by atoms with E-state index >= 15 is 0 Å². The number of hydrogen-bond acceptors (Lipinski definition) is 4. The lowest BCUT2D eigenvalue weighted by molar-refractivity contribution is 0.0714. The number of rotatable bonds is 5. The first-order valence-corrected chi connectivity index (χ1v) is 9.00. The third-order valence-electron chi connectivity index (χ3n) is 4.65. The molecule has 0 radical (unpaired) electrons. The van der Waals surface area contributed by atoms with Crippen LogP contribution in [0.3, 0.4) is 0 Å². The highest BCUT2D eigenvalue weighted by molar-refractivity contribution is 7.07. The minimum absolute atomic E-state index is 0.661. The van der Waals surface area contributed by atoms with Crippen LogP contribution in [0, 0.1) is 5.92 Å². The zero-order valence-corrected chi connectivity index (χ0v) is 14.3. The van der Waals surface area contributed by atoms with E-state index in [1.807, 2.05) is 5.51 Å². The Morgan fingerprint density at radius 1 is 1.32 bits per heavy atom. The van der Waals surface area contributed by atoms with Crippen molar-refractivity contribution < 1.29 is 0 Å². The molecule has 3 nitrogen and oxygen atoms in total. The lowest BCUT2D eigenvalue weighted by atomic mass is 9.92. The van der Waals surface area contributed by atoms with E-state index in [4.69, 9.17) is 0 Å². The summed E-state index contributed by atoms with van der Waals surface area (Å²) in [6.07, 6.45) is 1.24. The first-order valence-electron chi connectivity index (χ1n) is 8.06. The van der Waals surface area contributed by atoms with Gasteiger partial charge in [0.2, 0.25) is 0 Å². The molecule has 2 aromatic rings. The summed E-state index contributed by atoms with van der Waals surface area (Å²) >= 11 is 1.68. The van der Waals surface area contributed by atoms with Gasteiger partial charge in [0.25, 0.3) is 0 Å². The van der Waals surface area contributed by atoms with E-state index in [1.165, 1.54) is 30.8 Å². The lowest BCUT2D eigenvalue weighted by Gasteiger charge is -2.41. The van der Waals surface area contributed by atoms with Gasteiger partial charge in [0.05, 0.1) is 11.2 Å². The van der Waals surface area contributed by atoms with Crippen molar-refractivity contribution in [3.05, 3.63) is 52.5 Å². The zero-order valence-electron chi connectivity index (χ0n) is 13.5. The smallest absolute Gasteiger partial charge is 0.0795 e. The van der Waals surface area contributed by atoms with Crippen molar-refractivity contribution in [2.75, 3.05) is 20.1 Å². The van der Waals surface area contributed by atoms with Crippen molar-refractivity contribution in [1.82, 2.24) is 14.8 Å². The van der Waals surface area contributed by atoms with Gasteiger partial charge in [-0.3, -0.25) is 9.80 Å². The predicted octanol–water partition coefficient (Wildman–Crippen LogP) is 3.49. The van der Waals surface area contributed by atoms with Crippen molar-refractivity contribution in [2.45, 2.75) is 32.5 Å². The Morgan fingerprint density at radius 3 is 2.82 bits per heavy atom. The summed E-state index contributed by atoms with van der Waals surface area (Å²) in [4.78, 5) is 9.49. The van der Waals surface area contributed by atoms with E-state index in [-0.39, 0.29) is 0 Å². The first-order chi connectivity index (χ1) is 10.7. The van der Waals surface area contributed by atoms with Crippen LogP contribution in [-0.2, 0) is 13.1 Å². The molecule has 0 bridgehead atoms. The average molecular weight is 315 g/mol. The molecule has 3 rings (SSSR count). The normalized spacial score (nSPS) is 23.0. The van der Waals surface area contributed by atoms with E-state index in [0.717, 1.165) is 13.1 Å². The van der Waals surface area contributed by atoms with Crippen LogP contribution in [0.1, 0.15) is 24.6 Å². The quantitative estimate of drug-likeness (QED) is 0.842. The molecule has 4 heteroatoms. The van der Waals surface area contributed by atoms with Crippen molar-refractivity contribution >= 4 is 11.3 Å². The summed E-state index contributed by atoms with van der Waals surface area (Å²) < 4.78 is 0. The highest BCUT2D eigenvalue weighted by Crippen LogP contribution is 2.23.